The molecule has 0 radical (unpaired) electrons. The molecule has 0 aromatic carbocycles. The summed E-state index contributed by atoms with van der Waals surface area (Å²) in [6.07, 6.45) is 22.2. The van der Waals surface area contributed by atoms with Crippen LogP contribution in [0.25, 0.3) is 0 Å². The molecular weight excluding hydrogens is 248 g/mol. The molecule has 0 aromatic rings. The van der Waals surface area contributed by atoms with E-state index in [2.05, 4.69) is 19.1 Å². The standard InChI is InChI=1S/C18H32O2/c1-2-3-4-5-8-11-14-17-18(20-17)15-12-9-6-7-10-13-16-19/h9,12-13,16-19H,2-8,10-11,14-15H2,1H3/b12-9?,16-13-. The molecule has 1 fully saturated rings. The predicted molar refractivity (Wildman–Crippen MR) is 86.0 cm³/mol. The number of aliphatic hydroxyl groups is 1. The van der Waals surface area contributed by atoms with Crippen LogP contribution in [0.3, 0.4) is 0 Å². The third-order valence-electron chi connectivity index (χ3n) is 3.91. The first-order chi connectivity index (χ1) is 9.88. The summed E-state index contributed by atoms with van der Waals surface area (Å²) < 4.78 is 5.69. The second-order valence-corrected chi connectivity index (χ2v) is 5.79. The molecule has 2 atom stereocenters. The maximum Gasteiger partial charge on any atom is 0.0876 e. The van der Waals surface area contributed by atoms with Gasteiger partial charge in [-0.3, -0.25) is 0 Å². The Bertz CT molecular complexity index is 271. The lowest BCUT2D eigenvalue weighted by Crippen LogP contribution is -1.92. The largest absolute Gasteiger partial charge is 0.516 e. The minimum absolute atomic E-state index is 0.499. The van der Waals surface area contributed by atoms with Crippen molar-refractivity contribution >= 4 is 0 Å². The molecule has 1 heterocycles. The van der Waals surface area contributed by atoms with Crippen molar-refractivity contribution in [1.82, 2.24) is 0 Å². The van der Waals surface area contributed by atoms with Gasteiger partial charge in [0, 0.05) is 0 Å². The number of hydrogen-bond donors (Lipinski definition) is 1. The highest BCUT2D eigenvalue weighted by Crippen LogP contribution is 2.30. The molecular formula is C18H32O2. The molecule has 0 saturated carbocycles. The van der Waals surface area contributed by atoms with Gasteiger partial charge in [0.25, 0.3) is 0 Å². The van der Waals surface area contributed by atoms with Gasteiger partial charge in [0.15, 0.2) is 0 Å². The molecule has 0 amide bonds. The minimum atomic E-state index is 0.499. The smallest absolute Gasteiger partial charge is 0.0876 e. The average molecular weight is 280 g/mol. The van der Waals surface area contributed by atoms with Crippen LogP contribution in [0.5, 0.6) is 0 Å². The number of epoxide rings is 1. The Balaban J connectivity index is 1.84. The number of hydrogen-bond acceptors (Lipinski definition) is 2. The highest BCUT2D eigenvalue weighted by atomic mass is 16.6. The molecule has 0 aromatic heterocycles. The van der Waals surface area contributed by atoms with Gasteiger partial charge >= 0.3 is 0 Å². The molecule has 2 heteroatoms. The van der Waals surface area contributed by atoms with Gasteiger partial charge in [-0.2, -0.15) is 0 Å². The first-order valence-corrected chi connectivity index (χ1v) is 8.48. The Kier molecular flexibility index (Phi) is 10.4. The van der Waals surface area contributed by atoms with Crippen LogP contribution in [0.1, 0.15) is 77.6 Å². The molecule has 2 nitrogen and oxygen atoms in total. The van der Waals surface area contributed by atoms with Crippen molar-refractivity contribution in [3.8, 4) is 0 Å². The van der Waals surface area contributed by atoms with Gasteiger partial charge in [-0.05, 0) is 32.1 Å². The highest BCUT2D eigenvalue weighted by Gasteiger charge is 2.36. The lowest BCUT2D eigenvalue weighted by molar-refractivity contribution is 0.358. The lowest BCUT2D eigenvalue weighted by Gasteiger charge is -1.98. The van der Waals surface area contributed by atoms with Crippen molar-refractivity contribution < 1.29 is 9.84 Å². The molecule has 0 spiro atoms. The highest BCUT2D eigenvalue weighted by molar-refractivity contribution is 4.93. The Morgan fingerprint density at radius 3 is 2.40 bits per heavy atom. The number of unbranched alkanes of at least 4 members (excludes halogenated alkanes) is 7. The minimum Gasteiger partial charge on any atom is -0.516 e. The summed E-state index contributed by atoms with van der Waals surface area (Å²) in [6, 6.07) is 0. The second kappa shape index (κ2) is 12.0. The number of aliphatic hydroxyl groups excluding tert-OH is 1. The van der Waals surface area contributed by atoms with Gasteiger partial charge in [-0.15, -0.1) is 0 Å². The zero-order chi connectivity index (χ0) is 14.5. The van der Waals surface area contributed by atoms with Crippen LogP contribution in [0.15, 0.2) is 24.5 Å². The van der Waals surface area contributed by atoms with E-state index in [1.54, 1.807) is 6.08 Å². The van der Waals surface area contributed by atoms with E-state index >= 15 is 0 Å². The normalized spacial score (nSPS) is 22.1. The summed E-state index contributed by atoms with van der Waals surface area (Å²) in [4.78, 5) is 0. The van der Waals surface area contributed by atoms with Crippen LogP contribution >= 0.6 is 0 Å². The Morgan fingerprint density at radius 2 is 1.60 bits per heavy atom. The molecule has 0 aliphatic carbocycles. The van der Waals surface area contributed by atoms with Crippen LogP contribution in [0.4, 0.5) is 0 Å². The quantitative estimate of drug-likeness (QED) is 0.203. The van der Waals surface area contributed by atoms with Crippen LogP contribution in [-0.4, -0.2) is 17.3 Å². The van der Waals surface area contributed by atoms with Gasteiger partial charge in [0.2, 0.25) is 0 Å². The molecule has 1 N–H and O–H groups in total. The molecule has 2 unspecified atom stereocenters. The van der Waals surface area contributed by atoms with Crippen molar-refractivity contribution in [2.75, 3.05) is 0 Å². The summed E-state index contributed by atoms with van der Waals surface area (Å²) in [5.74, 6) is 0. The van der Waals surface area contributed by atoms with E-state index in [4.69, 9.17) is 9.84 Å². The fraction of sp³-hybridized carbons (Fsp3) is 0.778. The van der Waals surface area contributed by atoms with Crippen LogP contribution in [0.2, 0.25) is 0 Å². The van der Waals surface area contributed by atoms with Gasteiger partial charge in [-0.25, -0.2) is 0 Å². The van der Waals surface area contributed by atoms with E-state index in [0.29, 0.717) is 12.2 Å². The van der Waals surface area contributed by atoms with Gasteiger partial charge in [0.05, 0.1) is 18.5 Å². The molecule has 1 rings (SSSR count). The summed E-state index contributed by atoms with van der Waals surface area (Å²) in [5.41, 5.74) is 0. The van der Waals surface area contributed by atoms with Crippen molar-refractivity contribution in [2.24, 2.45) is 0 Å². The number of ether oxygens (including phenoxy) is 1. The third kappa shape index (κ3) is 9.19. The summed E-state index contributed by atoms with van der Waals surface area (Å²) >= 11 is 0. The summed E-state index contributed by atoms with van der Waals surface area (Å²) in [5, 5.41) is 8.50. The molecule has 20 heavy (non-hydrogen) atoms. The van der Waals surface area contributed by atoms with Gasteiger partial charge in [-0.1, -0.05) is 63.7 Å². The molecule has 116 valence electrons. The fourth-order valence-corrected chi connectivity index (χ4v) is 2.54. The van der Waals surface area contributed by atoms with Crippen molar-refractivity contribution in [1.29, 1.82) is 0 Å². The zero-order valence-corrected chi connectivity index (χ0v) is 13.1. The topological polar surface area (TPSA) is 32.8 Å². The van der Waals surface area contributed by atoms with E-state index in [-0.39, 0.29) is 0 Å². The number of rotatable bonds is 13. The number of allylic oxidation sites excluding steroid dienone is 2. The Hall–Kier alpha value is -0.760. The van der Waals surface area contributed by atoms with Crippen LogP contribution in [0, 0.1) is 0 Å². The SMILES string of the molecule is CCCCCCCCC1OC1CC=CCCC/C=C\O. The van der Waals surface area contributed by atoms with Crippen LogP contribution in [-0.2, 0) is 4.74 Å². The van der Waals surface area contributed by atoms with Crippen molar-refractivity contribution in [3.63, 3.8) is 0 Å². The zero-order valence-electron chi connectivity index (χ0n) is 13.1. The second-order valence-electron chi connectivity index (χ2n) is 5.79. The summed E-state index contributed by atoms with van der Waals surface area (Å²) in [6.45, 7) is 2.26. The predicted octanol–water partition coefficient (Wildman–Crippen LogP) is 5.69. The van der Waals surface area contributed by atoms with E-state index in [1.165, 1.54) is 44.9 Å². The maximum atomic E-state index is 8.50. The molecule has 1 saturated heterocycles. The Labute approximate surface area is 124 Å². The first kappa shape index (κ1) is 17.3. The van der Waals surface area contributed by atoms with E-state index in [1.807, 2.05) is 0 Å². The van der Waals surface area contributed by atoms with Crippen LogP contribution < -0.4 is 0 Å². The Morgan fingerprint density at radius 1 is 0.850 bits per heavy atom. The monoisotopic (exact) mass is 280 g/mol. The van der Waals surface area contributed by atoms with Crippen molar-refractivity contribution in [2.45, 2.75) is 89.8 Å². The molecule has 1 aliphatic heterocycles. The van der Waals surface area contributed by atoms with E-state index in [0.717, 1.165) is 31.9 Å². The fourth-order valence-electron chi connectivity index (χ4n) is 2.54. The summed E-state index contributed by atoms with van der Waals surface area (Å²) in [7, 11) is 0. The lowest BCUT2D eigenvalue weighted by atomic mass is 10.1. The first-order valence-electron chi connectivity index (χ1n) is 8.48. The van der Waals surface area contributed by atoms with Gasteiger partial charge in [0.1, 0.15) is 0 Å². The van der Waals surface area contributed by atoms with E-state index in [9.17, 15) is 0 Å². The van der Waals surface area contributed by atoms with Crippen molar-refractivity contribution in [3.05, 3.63) is 24.5 Å². The van der Waals surface area contributed by atoms with E-state index < -0.39 is 0 Å². The maximum absolute atomic E-state index is 8.50. The van der Waals surface area contributed by atoms with Gasteiger partial charge < -0.3 is 9.84 Å². The third-order valence-corrected chi connectivity index (χ3v) is 3.91. The average Bonchev–Trinajstić information content (AvgIpc) is 3.20. The molecule has 1 aliphatic rings. The molecule has 0 bridgehead atoms.